The number of amides is 2. The third-order valence-corrected chi connectivity index (χ3v) is 6.33. The lowest BCUT2D eigenvalue weighted by molar-refractivity contribution is -0.254. The molecule has 4 rings (SSSR count). The monoisotopic (exact) mass is 597 g/mol. The van der Waals surface area contributed by atoms with Crippen molar-refractivity contribution in [3.05, 3.63) is 56.7 Å². The van der Waals surface area contributed by atoms with Gasteiger partial charge >= 0.3 is 12.4 Å². The Bertz CT molecular complexity index is 1240. The van der Waals surface area contributed by atoms with Crippen LogP contribution in [0, 0.1) is 10.5 Å². The SMILES string of the molecule is Cc1cc(N2N=C(CC(F)(F)F)CC2(O)C(F)(F)F)ccc1N1C(=O)c2cccc(I)c2C1=O. The number of carbonyl (C=O) groups is 2. The fourth-order valence-electron chi connectivity index (χ4n) is 3.93. The molecule has 0 aliphatic carbocycles. The molecule has 2 aliphatic heterocycles. The van der Waals surface area contributed by atoms with Gasteiger partial charge in [0.1, 0.15) is 0 Å². The van der Waals surface area contributed by atoms with E-state index in [1.54, 1.807) is 12.1 Å². The van der Waals surface area contributed by atoms with Crippen molar-refractivity contribution in [2.45, 2.75) is 37.8 Å². The van der Waals surface area contributed by atoms with Crippen LogP contribution < -0.4 is 9.91 Å². The molecular formula is C21H14F6IN3O3. The van der Waals surface area contributed by atoms with E-state index in [0.29, 0.717) is 3.57 Å². The molecule has 0 radical (unpaired) electrons. The molecule has 180 valence electrons. The fraction of sp³-hybridized carbons (Fsp3) is 0.286. The molecule has 2 aromatic rings. The predicted molar refractivity (Wildman–Crippen MR) is 118 cm³/mol. The Labute approximate surface area is 202 Å². The Morgan fingerprint density at radius 3 is 2.32 bits per heavy atom. The highest BCUT2D eigenvalue weighted by molar-refractivity contribution is 14.1. The number of fused-ring (bicyclic) bond motifs is 1. The average Bonchev–Trinajstić information content (AvgIpc) is 3.16. The molecule has 0 saturated heterocycles. The lowest BCUT2D eigenvalue weighted by Gasteiger charge is -2.34. The highest BCUT2D eigenvalue weighted by Crippen LogP contribution is 2.45. The van der Waals surface area contributed by atoms with Gasteiger partial charge in [-0.25, -0.2) is 9.91 Å². The zero-order valence-electron chi connectivity index (χ0n) is 17.1. The van der Waals surface area contributed by atoms with Gasteiger partial charge in [-0.2, -0.15) is 31.4 Å². The smallest absolute Gasteiger partial charge is 0.362 e. The van der Waals surface area contributed by atoms with E-state index in [9.17, 15) is 41.0 Å². The number of hydrazone groups is 1. The zero-order valence-corrected chi connectivity index (χ0v) is 19.3. The Morgan fingerprint density at radius 2 is 1.76 bits per heavy atom. The number of aliphatic hydroxyl groups is 1. The Hall–Kier alpha value is -2.68. The molecule has 0 spiro atoms. The molecule has 34 heavy (non-hydrogen) atoms. The number of imide groups is 1. The highest BCUT2D eigenvalue weighted by atomic mass is 127. The van der Waals surface area contributed by atoms with Gasteiger partial charge in [0.05, 0.1) is 34.6 Å². The largest absolute Gasteiger partial charge is 0.438 e. The molecule has 1 atom stereocenters. The molecule has 0 aromatic heterocycles. The van der Waals surface area contributed by atoms with E-state index in [0.717, 1.165) is 17.0 Å². The molecule has 2 heterocycles. The van der Waals surface area contributed by atoms with Crippen LogP contribution in [0.2, 0.25) is 0 Å². The fourth-order valence-corrected chi connectivity index (χ4v) is 4.65. The lowest BCUT2D eigenvalue weighted by Crippen LogP contribution is -2.55. The molecule has 0 fully saturated rings. The van der Waals surface area contributed by atoms with Gasteiger partial charge in [-0.05, 0) is 65.4 Å². The second-order valence-electron chi connectivity index (χ2n) is 7.84. The zero-order chi connectivity index (χ0) is 25.2. The number of alkyl halides is 6. The van der Waals surface area contributed by atoms with Gasteiger partial charge in [-0.3, -0.25) is 9.59 Å². The number of carbonyl (C=O) groups excluding carboxylic acids is 2. The Kier molecular flexibility index (Phi) is 5.70. The maximum absolute atomic E-state index is 13.7. The van der Waals surface area contributed by atoms with E-state index < -0.39 is 48.4 Å². The number of nitrogens with zero attached hydrogens (tertiary/aromatic N) is 3. The van der Waals surface area contributed by atoms with Gasteiger partial charge in [0, 0.05) is 9.99 Å². The van der Waals surface area contributed by atoms with Crippen LogP contribution in [0.15, 0.2) is 41.5 Å². The highest BCUT2D eigenvalue weighted by Gasteiger charge is 2.62. The summed E-state index contributed by atoms with van der Waals surface area (Å²) in [5, 5.41) is 13.8. The second kappa shape index (κ2) is 7.93. The normalized spacial score (nSPS) is 20.8. The number of rotatable bonds is 3. The minimum Gasteiger partial charge on any atom is -0.362 e. The van der Waals surface area contributed by atoms with Gasteiger partial charge in [-0.1, -0.05) is 6.07 Å². The number of benzene rings is 2. The van der Waals surface area contributed by atoms with E-state index >= 15 is 0 Å². The van der Waals surface area contributed by atoms with Crippen molar-refractivity contribution in [3.63, 3.8) is 0 Å². The Balaban J connectivity index is 1.73. The van der Waals surface area contributed by atoms with Crippen LogP contribution in [-0.4, -0.2) is 40.7 Å². The van der Waals surface area contributed by atoms with Gasteiger partial charge in [0.25, 0.3) is 17.5 Å². The first kappa shape index (κ1) is 24.4. The van der Waals surface area contributed by atoms with Crippen LogP contribution in [0.3, 0.4) is 0 Å². The molecule has 2 aromatic carbocycles. The maximum Gasteiger partial charge on any atom is 0.438 e. The molecule has 0 bridgehead atoms. The van der Waals surface area contributed by atoms with Crippen molar-refractivity contribution in [3.8, 4) is 0 Å². The Morgan fingerprint density at radius 1 is 1.09 bits per heavy atom. The summed E-state index contributed by atoms with van der Waals surface area (Å²) in [4.78, 5) is 26.6. The lowest BCUT2D eigenvalue weighted by atomic mass is 10.0. The summed E-state index contributed by atoms with van der Waals surface area (Å²) in [7, 11) is 0. The molecule has 0 saturated carbocycles. The first-order valence-electron chi connectivity index (χ1n) is 9.64. The average molecular weight is 597 g/mol. The number of hydrogen-bond acceptors (Lipinski definition) is 5. The van der Waals surface area contributed by atoms with Crippen LogP contribution in [-0.2, 0) is 0 Å². The summed E-state index contributed by atoms with van der Waals surface area (Å²) in [5.41, 5.74) is -4.30. The number of halogens is 7. The third kappa shape index (κ3) is 3.93. The van der Waals surface area contributed by atoms with E-state index in [4.69, 9.17) is 0 Å². The molecule has 6 nitrogen and oxygen atoms in total. The number of aryl methyl sites for hydroxylation is 1. The van der Waals surface area contributed by atoms with Gasteiger partial charge in [0.15, 0.2) is 0 Å². The maximum atomic E-state index is 13.7. The molecule has 13 heteroatoms. The van der Waals surface area contributed by atoms with E-state index in [2.05, 4.69) is 5.10 Å². The quantitative estimate of drug-likeness (QED) is 0.301. The summed E-state index contributed by atoms with van der Waals surface area (Å²) >= 11 is 1.91. The van der Waals surface area contributed by atoms with Crippen molar-refractivity contribution in [1.29, 1.82) is 0 Å². The van der Waals surface area contributed by atoms with Crippen molar-refractivity contribution in [2.24, 2.45) is 5.10 Å². The van der Waals surface area contributed by atoms with E-state index in [1.807, 2.05) is 22.6 Å². The second-order valence-corrected chi connectivity index (χ2v) is 9.00. The molecule has 1 unspecified atom stereocenters. The standard InChI is InChI=1S/C21H14F6IN3O3/c1-10-7-12(31-19(34,21(25,26)27)8-11(29-31)9-20(22,23)24)5-6-15(10)30-17(32)13-3-2-4-14(28)16(13)18(30)33/h2-7,34H,8-9H2,1H3. The van der Waals surface area contributed by atoms with Crippen LogP contribution in [0.1, 0.15) is 39.1 Å². The summed E-state index contributed by atoms with van der Waals surface area (Å²) < 4.78 is 79.8. The first-order chi connectivity index (χ1) is 15.6. The van der Waals surface area contributed by atoms with Crippen LogP contribution in [0.4, 0.5) is 37.7 Å². The molecule has 2 amide bonds. The van der Waals surface area contributed by atoms with E-state index in [1.165, 1.54) is 19.1 Å². The van der Waals surface area contributed by atoms with E-state index in [-0.39, 0.29) is 33.1 Å². The van der Waals surface area contributed by atoms with Crippen molar-refractivity contribution < 1.29 is 41.0 Å². The third-order valence-electron chi connectivity index (χ3n) is 5.43. The first-order valence-corrected chi connectivity index (χ1v) is 10.7. The predicted octanol–water partition coefficient (Wildman–Crippen LogP) is 5.17. The minimum absolute atomic E-state index is 0.0833. The molecule has 2 aliphatic rings. The molecular weight excluding hydrogens is 583 g/mol. The van der Waals surface area contributed by atoms with Gasteiger partial charge in [0.2, 0.25) is 0 Å². The summed E-state index contributed by atoms with van der Waals surface area (Å²) in [6.07, 6.45) is -13.2. The van der Waals surface area contributed by atoms with Crippen molar-refractivity contribution in [2.75, 3.05) is 9.91 Å². The van der Waals surface area contributed by atoms with Crippen LogP contribution in [0.25, 0.3) is 0 Å². The van der Waals surface area contributed by atoms with Crippen molar-refractivity contribution in [1.82, 2.24) is 0 Å². The summed E-state index contributed by atoms with van der Waals surface area (Å²) in [6, 6.07) is 8.08. The topological polar surface area (TPSA) is 73.2 Å². The van der Waals surface area contributed by atoms with Gasteiger partial charge < -0.3 is 5.11 Å². The summed E-state index contributed by atoms with van der Waals surface area (Å²) in [6.45, 7) is 1.41. The summed E-state index contributed by atoms with van der Waals surface area (Å²) in [5.74, 6) is -1.23. The van der Waals surface area contributed by atoms with Crippen LogP contribution >= 0.6 is 22.6 Å². The molecule has 1 N–H and O–H groups in total. The van der Waals surface area contributed by atoms with Crippen molar-refractivity contribution >= 4 is 51.5 Å². The number of hydrogen-bond donors (Lipinski definition) is 1. The van der Waals surface area contributed by atoms with Gasteiger partial charge in [-0.15, -0.1) is 0 Å². The van der Waals surface area contributed by atoms with Crippen LogP contribution in [0.5, 0.6) is 0 Å². The number of anilines is 2. The minimum atomic E-state index is -5.32.